The zero-order chi connectivity index (χ0) is 19.6. The fourth-order valence-electron chi connectivity index (χ4n) is 3.08. The molecule has 0 aromatic heterocycles. The predicted molar refractivity (Wildman–Crippen MR) is 106 cm³/mol. The van der Waals surface area contributed by atoms with Crippen LogP contribution in [0.25, 0.3) is 0 Å². The Kier molecular flexibility index (Phi) is 8.26. The molecule has 3 amide bonds. The van der Waals surface area contributed by atoms with Crippen LogP contribution in [0.2, 0.25) is 0 Å². The molecule has 148 valence electrons. The summed E-state index contributed by atoms with van der Waals surface area (Å²) in [4.78, 5) is 40.2. The van der Waals surface area contributed by atoms with Gasteiger partial charge in [0.1, 0.15) is 0 Å². The van der Waals surface area contributed by atoms with Gasteiger partial charge in [-0.1, -0.05) is 19.4 Å². The van der Waals surface area contributed by atoms with Gasteiger partial charge < -0.3 is 20.4 Å². The van der Waals surface area contributed by atoms with Gasteiger partial charge in [0, 0.05) is 63.9 Å². The minimum Gasteiger partial charge on any atom is -0.340 e. The Morgan fingerprint density at radius 1 is 1.19 bits per heavy atom. The van der Waals surface area contributed by atoms with E-state index in [0.29, 0.717) is 30.8 Å². The summed E-state index contributed by atoms with van der Waals surface area (Å²) in [6.07, 6.45) is 2.20. The number of anilines is 1. The second-order valence-electron chi connectivity index (χ2n) is 6.79. The zero-order valence-electron chi connectivity index (χ0n) is 16.3. The lowest BCUT2D eigenvalue weighted by Gasteiger charge is -2.29. The number of carbonyl (C=O) groups is 3. The first-order valence-corrected chi connectivity index (χ1v) is 9.66. The van der Waals surface area contributed by atoms with E-state index in [2.05, 4.69) is 17.6 Å². The Labute approximate surface area is 161 Å². The minimum atomic E-state index is -0.177. The Morgan fingerprint density at radius 3 is 2.59 bits per heavy atom. The Morgan fingerprint density at radius 2 is 1.93 bits per heavy atom. The molecule has 1 aromatic rings. The fraction of sp³-hybridized carbons (Fsp3) is 0.550. The number of nitrogens with zero attached hydrogens (tertiary/aromatic N) is 2. The maximum Gasteiger partial charge on any atom is 0.253 e. The molecule has 2 N–H and O–H groups in total. The van der Waals surface area contributed by atoms with Crippen molar-refractivity contribution in [2.45, 2.75) is 33.1 Å². The normalized spacial score (nSPS) is 13.9. The van der Waals surface area contributed by atoms with Crippen molar-refractivity contribution in [3.63, 3.8) is 0 Å². The van der Waals surface area contributed by atoms with E-state index in [9.17, 15) is 14.4 Å². The number of unbranched alkanes of at least 4 members (excludes halogenated alkanes) is 1. The molecule has 0 bridgehead atoms. The summed E-state index contributed by atoms with van der Waals surface area (Å²) >= 11 is 0. The van der Waals surface area contributed by atoms with Crippen molar-refractivity contribution in [1.29, 1.82) is 0 Å². The lowest BCUT2D eigenvalue weighted by atomic mass is 10.1. The van der Waals surface area contributed by atoms with Gasteiger partial charge in [-0.3, -0.25) is 14.4 Å². The first-order valence-electron chi connectivity index (χ1n) is 9.66. The van der Waals surface area contributed by atoms with Gasteiger partial charge in [0.2, 0.25) is 11.8 Å². The van der Waals surface area contributed by atoms with Crippen molar-refractivity contribution in [2.75, 3.05) is 44.6 Å². The van der Waals surface area contributed by atoms with Crippen molar-refractivity contribution in [1.82, 2.24) is 15.1 Å². The van der Waals surface area contributed by atoms with Crippen LogP contribution < -0.4 is 10.6 Å². The Balaban J connectivity index is 2.02. The van der Waals surface area contributed by atoms with Gasteiger partial charge >= 0.3 is 0 Å². The molecule has 1 aromatic carbocycles. The molecule has 2 rings (SSSR count). The van der Waals surface area contributed by atoms with Crippen molar-refractivity contribution >= 4 is 23.4 Å². The lowest BCUT2D eigenvalue weighted by molar-refractivity contribution is -0.132. The summed E-state index contributed by atoms with van der Waals surface area (Å²) in [5.41, 5.74) is 1.12. The van der Waals surface area contributed by atoms with Gasteiger partial charge in [-0.05, 0) is 24.6 Å². The van der Waals surface area contributed by atoms with Crippen molar-refractivity contribution in [2.24, 2.45) is 0 Å². The van der Waals surface area contributed by atoms with Crippen LogP contribution in [0.1, 0.15) is 43.5 Å². The molecule has 27 heavy (non-hydrogen) atoms. The van der Waals surface area contributed by atoms with Crippen molar-refractivity contribution < 1.29 is 14.4 Å². The van der Waals surface area contributed by atoms with Gasteiger partial charge in [-0.15, -0.1) is 0 Å². The molecule has 0 spiro atoms. The van der Waals surface area contributed by atoms with Crippen molar-refractivity contribution in [3.05, 3.63) is 29.8 Å². The minimum absolute atomic E-state index is 0.0952. The summed E-state index contributed by atoms with van der Waals surface area (Å²) in [5.74, 6) is -0.189. The summed E-state index contributed by atoms with van der Waals surface area (Å²) < 4.78 is 0. The highest BCUT2D eigenvalue weighted by Gasteiger charge is 2.20. The van der Waals surface area contributed by atoms with Crippen LogP contribution in [-0.2, 0) is 9.59 Å². The average molecular weight is 374 g/mol. The van der Waals surface area contributed by atoms with Crippen LogP contribution in [0.3, 0.4) is 0 Å². The predicted octanol–water partition coefficient (Wildman–Crippen LogP) is 1.71. The van der Waals surface area contributed by atoms with E-state index in [1.54, 1.807) is 29.2 Å². The zero-order valence-corrected chi connectivity index (χ0v) is 16.3. The van der Waals surface area contributed by atoms with E-state index in [1.165, 1.54) is 6.92 Å². The van der Waals surface area contributed by atoms with Crippen LogP contribution in [0, 0.1) is 0 Å². The molecule has 1 heterocycles. The van der Waals surface area contributed by atoms with Crippen molar-refractivity contribution in [3.8, 4) is 0 Å². The molecule has 7 nitrogen and oxygen atoms in total. The highest BCUT2D eigenvalue weighted by Crippen LogP contribution is 2.14. The van der Waals surface area contributed by atoms with Crippen LogP contribution in [0.5, 0.6) is 0 Å². The van der Waals surface area contributed by atoms with Gasteiger partial charge in [0.05, 0.1) is 0 Å². The third kappa shape index (κ3) is 6.67. The molecule has 0 radical (unpaired) electrons. The second kappa shape index (κ2) is 10.7. The standard InChI is InChI=1S/C20H30N4O3/c1-3-4-11-24(12-8-19(26)23-13-9-21-10-14-23)20(27)17-6-5-7-18(15-17)22-16(2)25/h5-7,15,21H,3-4,8-14H2,1-2H3,(H,22,25). The first-order chi connectivity index (χ1) is 13.0. The molecule has 1 aliphatic rings. The number of rotatable bonds is 8. The van der Waals surface area contributed by atoms with Gasteiger partial charge in [-0.2, -0.15) is 0 Å². The quantitative estimate of drug-likeness (QED) is 0.726. The van der Waals surface area contributed by atoms with E-state index in [4.69, 9.17) is 0 Å². The summed E-state index contributed by atoms with van der Waals surface area (Å²) in [6, 6.07) is 6.93. The number of benzene rings is 1. The highest BCUT2D eigenvalue weighted by atomic mass is 16.2. The summed E-state index contributed by atoms with van der Waals surface area (Å²) in [7, 11) is 0. The van der Waals surface area contributed by atoms with Crippen LogP contribution in [0.4, 0.5) is 5.69 Å². The third-order valence-electron chi connectivity index (χ3n) is 4.56. The second-order valence-corrected chi connectivity index (χ2v) is 6.79. The largest absolute Gasteiger partial charge is 0.340 e. The van der Waals surface area contributed by atoms with Gasteiger partial charge in [-0.25, -0.2) is 0 Å². The van der Waals surface area contributed by atoms with Crippen LogP contribution >= 0.6 is 0 Å². The van der Waals surface area contributed by atoms with E-state index in [-0.39, 0.29) is 17.7 Å². The number of piperazine rings is 1. The number of nitrogens with one attached hydrogen (secondary N) is 2. The van der Waals surface area contributed by atoms with Crippen LogP contribution in [0.15, 0.2) is 24.3 Å². The van der Waals surface area contributed by atoms with Crippen LogP contribution in [-0.4, -0.2) is 66.8 Å². The molecule has 0 saturated carbocycles. The van der Waals surface area contributed by atoms with E-state index in [0.717, 1.165) is 39.0 Å². The maximum absolute atomic E-state index is 13.0. The first kappa shape index (κ1) is 20.9. The number of amides is 3. The smallest absolute Gasteiger partial charge is 0.253 e. The van der Waals surface area contributed by atoms with Gasteiger partial charge in [0.25, 0.3) is 5.91 Å². The SMILES string of the molecule is CCCCN(CCC(=O)N1CCNCC1)C(=O)c1cccc(NC(C)=O)c1. The maximum atomic E-state index is 13.0. The van der Waals surface area contributed by atoms with E-state index >= 15 is 0 Å². The molecule has 7 heteroatoms. The van der Waals surface area contributed by atoms with Gasteiger partial charge in [0.15, 0.2) is 0 Å². The monoisotopic (exact) mass is 374 g/mol. The summed E-state index contributed by atoms with van der Waals surface area (Å²) in [5, 5.41) is 5.93. The average Bonchev–Trinajstić information content (AvgIpc) is 2.67. The topological polar surface area (TPSA) is 81.8 Å². The Bertz CT molecular complexity index is 656. The molecular weight excluding hydrogens is 344 g/mol. The van der Waals surface area contributed by atoms with E-state index < -0.39 is 0 Å². The van der Waals surface area contributed by atoms with E-state index in [1.807, 2.05) is 4.90 Å². The molecule has 1 fully saturated rings. The highest BCUT2D eigenvalue weighted by molar-refractivity contribution is 5.97. The third-order valence-corrected chi connectivity index (χ3v) is 4.56. The molecule has 0 atom stereocenters. The summed E-state index contributed by atoms with van der Waals surface area (Å²) in [6.45, 7) is 7.62. The fourth-order valence-corrected chi connectivity index (χ4v) is 3.08. The molecule has 0 unspecified atom stereocenters. The molecule has 1 saturated heterocycles. The molecular formula is C20H30N4O3. The molecule has 0 aliphatic carbocycles. The number of hydrogen-bond donors (Lipinski definition) is 2. The Hall–Kier alpha value is -2.41. The molecule has 1 aliphatic heterocycles. The number of carbonyl (C=O) groups excluding carboxylic acids is 3. The lowest BCUT2D eigenvalue weighted by Crippen LogP contribution is -2.47. The number of hydrogen-bond acceptors (Lipinski definition) is 4.